The van der Waals surface area contributed by atoms with Crippen LogP contribution in [0.5, 0.6) is 11.5 Å². The van der Waals surface area contributed by atoms with E-state index in [9.17, 15) is 19.8 Å². The highest BCUT2D eigenvalue weighted by atomic mass is 79.9. The van der Waals surface area contributed by atoms with Gasteiger partial charge in [0.1, 0.15) is 11.5 Å². The van der Waals surface area contributed by atoms with Crippen LogP contribution in [0.2, 0.25) is 0 Å². The molecule has 4 amide bonds. The third kappa shape index (κ3) is 9.03. The van der Waals surface area contributed by atoms with Crippen LogP contribution in [0.25, 0.3) is 0 Å². The van der Waals surface area contributed by atoms with E-state index < -0.39 is 12.1 Å². The SMILES string of the molecule is CCc1ccc(NC(=O)Nc2ccccc2Br)c(O)c1.CCc1ccc(NC(=O)Nc2ccccc2Br)c(O)c1. The number of nitrogens with one attached hydrogen (secondary N) is 4. The van der Waals surface area contributed by atoms with Crippen molar-refractivity contribution in [2.24, 2.45) is 0 Å². The average molecular weight is 670 g/mol. The van der Waals surface area contributed by atoms with Crippen molar-refractivity contribution in [3.63, 3.8) is 0 Å². The van der Waals surface area contributed by atoms with E-state index in [0.717, 1.165) is 32.9 Å². The fraction of sp³-hybridized carbons (Fsp3) is 0.133. The second kappa shape index (κ2) is 14.9. The zero-order chi connectivity index (χ0) is 29.1. The predicted molar refractivity (Wildman–Crippen MR) is 169 cm³/mol. The number of phenolic OH excluding ortho intramolecular Hbond substituents is 2. The van der Waals surface area contributed by atoms with E-state index in [1.165, 1.54) is 0 Å². The number of phenols is 2. The van der Waals surface area contributed by atoms with Gasteiger partial charge in [-0.1, -0.05) is 50.2 Å². The molecule has 0 saturated carbocycles. The van der Waals surface area contributed by atoms with Crippen LogP contribution in [0.15, 0.2) is 93.9 Å². The largest absolute Gasteiger partial charge is 0.506 e. The number of hydrogen-bond donors (Lipinski definition) is 6. The molecule has 0 spiro atoms. The molecule has 10 heteroatoms. The van der Waals surface area contributed by atoms with Gasteiger partial charge in [-0.15, -0.1) is 0 Å². The second-order valence-electron chi connectivity index (χ2n) is 8.53. The number of carbonyl (C=O) groups is 2. The minimum atomic E-state index is -0.406. The molecular formula is C30H30Br2N4O4. The van der Waals surface area contributed by atoms with Gasteiger partial charge in [-0.05, 0) is 104 Å². The Labute approximate surface area is 250 Å². The summed E-state index contributed by atoms with van der Waals surface area (Å²) in [5, 5.41) is 30.3. The Morgan fingerprint density at radius 3 is 1.25 bits per heavy atom. The number of aryl methyl sites for hydroxylation is 2. The van der Waals surface area contributed by atoms with Crippen LogP contribution in [0, 0.1) is 0 Å². The Kier molecular flexibility index (Phi) is 11.4. The molecule has 8 nitrogen and oxygen atoms in total. The maximum Gasteiger partial charge on any atom is 0.323 e. The van der Waals surface area contributed by atoms with Crippen LogP contribution in [-0.4, -0.2) is 22.3 Å². The third-order valence-electron chi connectivity index (χ3n) is 5.68. The normalized spacial score (nSPS) is 10.1. The van der Waals surface area contributed by atoms with Crippen LogP contribution in [0.3, 0.4) is 0 Å². The lowest BCUT2D eigenvalue weighted by molar-refractivity contribution is 0.261. The number of amides is 4. The van der Waals surface area contributed by atoms with Crippen molar-refractivity contribution in [2.45, 2.75) is 26.7 Å². The maximum atomic E-state index is 11.9. The number of anilines is 4. The van der Waals surface area contributed by atoms with Crippen molar-refractivity contribution in [3.05, 3.63) is 105 Å². The Morgan fingerprint density at radius 1 is 0.575 bits per heavy atom. The topological polar surface area (TPSA) is 123 Å². The molecule has 0 saturated heterocycles. The minimum absolute atomic E-state index is 0.0617. The van der Waals surface area contributed by atoms with E-state index in [0.29, 0.717) is 22.7 Å². The fourth-order valence-corrected chi connectivity index (χ4v) is 4.25. The molecule has 0 atom stereocenters. The molecule has 4 rings (SSSR count). The lowest BCUT2D eigenvalue weighted by Crippen LogP contribution is -2.19. The summed E-state index contributed by atoms with van der Waals surface area (Å²) in [6, 6.07) is 24.2. The molecule has 0 bridgehead atoms. The summed E-state index contributed by atoms with van der Waals surface area (Å²) >= 11 is 6.70. The van der Waals surface area contributed by atoms with Gasteiger partial charge in [0, 0.05) is 8.95 Å². The standard InChI is InChI=1S/2C15H15BrN2O2/c2*1-2-10-7-8-13(14(19)9-10)18-15(20)17-12-6-4-3-5-11(12)16/h2*3-9,19H,2H2,1H3,(H2,17,18,20). The third-order valence-corrected chi connectivity index (χ3v) is 7.06. The minimum Gasteiger partial charge on any atom is -0.506 e. The molecule has 0 fully saturated rings. The average Bonchev–Trinajstić information content (AvgIpc) is 2.94. The first kappa shape index (κ1) is 30.5. The summed E-state index contributed by atoms with van der Waals surface area (Å²) in [5.41, 5.74) is 4.11. The van der Waals surface area contributed by atoms with Crippen molar-refractivity contribution in [3.8, 4) is 11.5 Å². The smallest absolute Gasteiger partial charge is 0.323 e. The second-order valence-corrected chi connectivity index (χ2v) is 10.2. The van der Waals surface area contributed by atoms with Gasteiger partial charge in [-0.25, -0.2) is 9.59 Å². The summed E-state index contributed by atoms with van der Waals surface area (Å²) in [6.07, 6.45) is 1.66. The van der Waals surface area contributed by atoms with Crippen molar-refractivity contribution in [1.29, 1.82) is 0 Å². The van der Waals surface area contributed by atoms with Crippen LogP contribution < -0.4 is 21.3 Å². The molecule has 0 aromatic heterocycles. The highest BCUT2D eigenvalue weighted by Gasteiger charge is 2.10. The Morgan fingerprint density at radius 2 is 0.925 bits per heavy atom. The van der Waals surface area contributed by atoms with Crippen LogP contribution >= 0.6 is 31.9 Å². The van der Waals surface area contributed by atoms with Crippen LogP contribution in [-0.2, 0) is 12.8 Å². The fourth-order valence-electron chi connectivity index (χ4n) is 3.48. The molecule has 0 radical (unpaired) electrons. The molecule has 0 aliphatic carbocycles. The summed E-state index contributed by atoms with van der Waals surface area (Å²) < 4.78 is 1.58. The summed E-state index contributed by atoms with van der Waals surface area (Å²) in [5.74, 6) is 0.123. The highest BCUT2D eigenvalue weighted by molar-refractivity contribution is 9.11. The van der Waals surface area contributed by atoms with Gasteiger partial charge in [-0.3, -0.25) is 0 Å². The van der Waals surface area contributed by atoms with Gasteiger partial charge >= 0.3 is 12.1 Å². The van der Waals surface area contributed by atoms with E-state index >= 15 is 0 Å². The van der Waals surface area contributed by atoms with E-state index in [-0.39, 0.29) is 11.5 Å². The lowest BCUT2D eigenvalue weighted by atomic mass is 10.1. The summed E-state index contributed by atoms with van der Waals surface area (Å²) in [4.78, 5) is 23.8. The molecule has 0 aliphatic rings. The molecule has 40 heavy (non-hydrogen) atoms. The number of aromatic hydroxyl groups is 2. The predicted octanol–water partition coefficient (Wildman–Crippen LogP) is 8.72. The monoisotopic (exact) mass is 668 g/mol. The van der Waals surface area contributed by atoms with Crippen molar-refractivity contribution in [2.75, 3.05) is 21.3 Å². The number of benzene rings is 4. The van der Waals surface area contributed by atoms with E-state index in [2.05, 4.69) is 53.1 Å². The number of rotatable bonds is 6. The maximum absolute atomic E-state index is 11.9. The first-order valence-corrected chi connectivity index (χ1v) is 14.1. The van der Waals surface area contributed by atoms with Gasteiger partial charge in [0.25, 0.3) is 0 Å². The number of halogens is 2. The molecule has 4 aromatic carbocycles. The Hall–Kier alpha value is -4.02. The highest BCUT2D eigenvalue weighted by Crippen LogP contribution is 2.27. The van der Waals surface area contributed by atoms with Gasteiger partial charge in [-0.2, -0.15) is 0 Å². The molecule has 0 heterocycles. The molecule has 0 unspecified atom stereocenters. The molecule has 4 aromatic rings. The molecule has 6 N–H and O–H groups in total. The molecular weight excluding hydrogens is 640 g/mol. The summed E-state index contributed by atoms with van der Waals surface area (Å²) in [6.45, 7) is 4.00. The van der Waals surface area contributed by atoms with Gasteiger partial charge in [0.2, 0.25) is 0 Å². The lowest BCUT2D eigenvalue weighted by Gasteiger charge is -2.11. The number of carbonyl (C=O) groups excluding carboxylic acids is 2. The molecule has 208 valence electrons. The quantitative estimate of drug-likeness (QED) is 0.115. The Bertz CT molecular complexity index is 1370. The van der Waals surface area contributed by atoms with Gasteiger partial charge < -0.3 is 31.5 Å². The van der Waals surface area contributed by atoms with E-state index in [4.69, 9.17) is 0 Å². The van der Waals surface area contributed by atoms with Gasteiger partial charge in [0.05, 0.1) is 22.7 Å². The van der Waals surface area contributed by atoms with Crippen LogP contribution in [0.4, 0.5) is 32.3 Å². The van der Waals surface area contributed by atoms with E-state index in [1.54, 1.807) is 36.4 Å². The number of hydrogen-bond acceptors (Lipinski definition) is 4. The van der Waals surface area contributed by atoms with E-state index in [1.807, 2.05) is 62.4 Å². The number of para-hydroxylation sites is 2. The van der Waals surface area contributed by atoms with Crippen molar-refractivity contribution in [1.82, 2.24) is 0 Å². The van der Waals surface area contributed by atoms with Crippen LogP contribution in [0.1, 0.15) is 25.0 Å². The van der Waals surface area contributed by atoms with Crippen molar-refractivity contribution < 1.29 is 19.8 Å². The molecule has 0 aliphatic heterocycles. The van der Waals surface area contributed by atoms with Gasteiger partial charge in [0.15, 0.2) is 0 Å². The zero-order valence-electron chi connectivity index (χ0n) is 22.0. The first-order chi connectivity index (χ1) is 19.2. The van der Waals surface area contributed by atoms with Crippen molar-refractivity contribution >= 4 is 66.7 Å². The Balaban J connectivity index is 0.000000220. The zero-order valence-corrected chi connectivity index (χ0v) is 25.1. The first-order valence-electron chi connectivity index (χ1n) is 12.5. The summed E-state index contributed by atoms with van der Waals surface area (Å²) in [7, 11) is 0. The number of urea groups is 2.